The van der Waals surface area contributed by atoms with Crippen molar-refractivity contribution in [2.45, 2.75) is 9.79 Å². The highest BCUT2D eigenvalue weighted by Crippen LogP contribution is 2.29. The van der Waals surface area contributed by atoms with Crippen LogP contribution in [-0.2, 0) is 7.05 Å². The Morgan fingerprint density at radius 1 is 1.53 bits per heavy atom. The summed E-state index contributed by atoms with van der Waals surface area (Å²) in [5, 5.41) is 12.7. The third kappa shape index (κ3) is 2.65. The minimum absolute atomic E-state index is 0.0574. The van der Waals surface area contributed by atoms with Gasteiger partial charge in [-0.2, -0.15) is 5.10 Å². The van der Waals surface area contributed by atoms with E-state index in [1.807, 2.05) is 0 Å². The number of benzene rings is 1. The summed E-state index contributed by atoms with van der Waals surface area (Å²) in [4.78, 5) is 11.8. The third-order valence-corrected chi connectivity index (χ3v) is 3.09. The number of aryl methyl sites for hydroxylation is 1. The summed E-state index contributed by atoms with van der Waals surface area (Å²) in [6.07, 6.45) is 3.38. The summed E-state index contributed by atoms with van der Waals surface area (Å²) in [5.74, 6) is -1.68. The number of aromatic carboxylic acids is 1. The molecule has 0 fully saturated rings. The van der Waals surface area contributed by atoms with Crippen LogP contribution in [0.25, 0.3) is 0 Å². The number of carbonyl (C=O) groups is 1. The largest absolute Gasteiger partial charge is 0.478 e. The van der Waals surface area contributed by atoms with E-state index in [1.165, 1.54) is 23.9 Å². The highest BCUT2D eigenvalue weighted by Gasteiger charge is 2.10. The Kier molecular flexibility index (Phi) is 3.14. The fourth-order valence-electron chi connectivity index (χ4n) is 1.30. The van der Waals surface area contributed by atoms with Gasteiger partial charge in [0.25, 0.3) is 0 Å². The van der Waals surface area contributed by atoms with Gasteiger partial charge < -0.3 is 5.11 Å². The molecule has 88 valence electrons. The van der Waals surface area contributed by atoms with Gasteiger partial charge >= 0.3 is 5.97 Å². The number of carboxylic acids is 1. The van der Waals surface area contributed by atoms with Crippen molar-refractivity contribution in [3.63, 3.8) is 0 Å². The summed E-state index contributed by atoms with van der Waals surface area (Å²) >= 11 is 1.20. The number of aromatic nitrogens is 2. The van der Waals surface area contributed by atoms with Gasteiger partial charge in [-0.3, -0.25) is 4.68 Å². The average Bonchev–Trinajstić information content (AvgIpc) is 2.67. The van der Waals surface area contributed by atoms with Gasteiger partial charge in [-0.25, -0.2) is 9.18 Å². The van der Waals surface area contributed by atoms with E-state index in [1.54, 1.807) is 24.1 Å². The van der Waals surface area contributed by atoms with Crippen molar-refractivity contribution in [3.8, 4) is 0 Å². The Labute approximate surface area is 101 Å². The molecule has 1 N–H and O–H groups in total. The van der Waals surface area contributed by atoms with Crippen molar-refractivity contribution in [2.75, 3.05) is 0 Å². The number of hydrogen-bond donors (Lipinski definition) is 1. The van der Waals surface area contributed by atoms with Crippen LogP contribution in [0, 0.1) is 5.82 Å². The molecular weight excluding hydrogens is 243 g/mol. The first-order chi connectivity index (χ1) is 8.06. The molecule has 0 saturated carbocycles. The first kappa shape index (κ1) is 11.7. The summed E-state index contributed by atoms with van der Waals surface area (Å²) in [6.45, 7) is 0. The van der Waals surface area contributed by atoms with E-state index in [9.17, 15) is 9.18 Å². The van der Waals surface area contributed by atoms with E-state index in [4.69, 9.17) is 5.11 Å². The van der Waals surface area contributed by atoms with E-state index < -0.39 is 11.8 Å². The SMILES string of the molecule is Cn1cc(Sc2ccc(C(=O)O)cc2F)cn1. The molecular formula is C11H9FN2O2S. The smallest absolute Gasteiger partial charge is 0.335 e. The van der Waals surface area contributed by atoms with Gasteiger partial charge in [0.15, 0.2) is 0 Å². The zero-order chi connectivity index (χ0) is 12.4. The molecule has 2 aromatic rings. The molecule has 0 aliphatic heterocycles. The molecule has 2 rings (SSSR count). The van der Waals surface area contributed by atoms with Gasteiger partial charge in [-0.15, -0.1) is 0 Å². The molecule has 17 heavy (non-hydrogen) atoms. The average molecular weight is 252 g/mol. The van der Waals surface area contributed by atoms with Crippen LogP contribution in [0.2, 0.25) is 0 Å². The monoisotopic (exact) mass is 252 g/mol. The fraction of sp³-hybridized carbons (Fsp3) is 0.0909. The van der Waals surface area contributed by atoms with Crippen LogP contribution in [-0.4, -0.2) is 20.9 Å². The quantitative estimate of drug-likeness (QED) is 0.911. The van der Waals surface area contributed by atoms with Crippen LogP contribution in [0.5, 0.6) is 0 Å². The molecule has 0 aliphatic rings. The van der Waals surface area contributed by atoms with Crippen LogP contribution in [0.1, 0.15) is 10.4 Å². The van der Waals surface area contributed by atoms with E-state index in [0.29, 0.717) is 4.90 Å². The van der Waals surface area contributed by atoms with E-state index in [2.05, 4.69) is 5.10 Å². The van der Waals surface area contributed by atoms with Crippen molar-refractivity contribution in [3.05, 3.63) is 42.0 Å². The van der Waals surface area contributed by atoms with Crippen LogP contribution in [0.15, 0.2) is 40.4 Å². The highest BCUT2D eigenvalue weighted by atomic mass is 32.2. The molecule has 0 bridgehead atoms. The summed E-state index contributed by atoms with van der Waals surface area (Å²) in [5.41, 5.74) is -0.0574. The zero-order valence-electron chi connectivity index (χ0n) is 8.92. The Balaban J connectivity index is 2.25. The van der Waals surface area contributed by atoms with E-state index in [-0.39, 0.29) is 5.56 Å². The molecule has 1 aromatic heterocycles. The van der Waals surface area contributed by atoms with E-state index >= 15 is 0 Å². The first-order valence-corrected chi connectivity index (χ1v) is 5.57. The van der Waals surface area contributed by atoms with E-state index in [0.717, 1.165) is 11.0 Å². The van der Waals surface area contributed by atoms with Gasteiger partial charge in [-0.05, 0) is 18.2 Å². The Bertz CT molecular complexity index is 568. The van der Waals surface area contributed by atoms with Gasteiger partial charge in [0, 0.05) is 18.1 Å². The second kappa shape index (κ2) is 4.58. The minimum Gasteiger partial charge on any atom is -0.478 e. The summed E-state index contributed by atoms with van der Waals surface area (Å²) in [7, 11) is 1.77. The Hall–Kier alpha value is -1.82. The number of halogens is 1. The molecule has 0 saturated heterocycles. The molecule has 6 heteroatoms. The topological polar surface area (TPSA) is 55.1 Å². The van der Waals surface area contributed by atoms with Crippen molar-refractivity contribution < 1.29 is 14.3 Å². The van der Waals surface area contributed by atoms with Crippen LogP contribution in [0.3, 0.4) is 0 Å². The second-order valence-corrected chi connectivity index (χ2v) is 4.52. The molecule has 1 heterocycles. The maximum Gasteiger partial charge on any atom is 0.335 e. The molecule has 0 atom stereocenters. The van der Waals surface area contributed by atoms with Gasteiger partial charge in [0.05, 0.1) is 16.7 Å². The van der Waals surface area contributed by atoms with Crippen molar-refractivity contribution >= 4 is 17.7 Å². The predicted octanol–water partition coefficient (Wildman–Crippen LogP) is 2.41. The second-order valence-electron chi connectivity index (χ2n) is 3.40. The summed E-state index contributed by atoms with van der Waals surface area (Å²) < 4.78 is 15.2. The van der Waals surface area contributed by atoms with Gasteiger partial charge in [0.1, 0.15) is 5.82 Å². The van der Waals surface area contributed by atoms with Crippen LogP contribution < -0.4 is 0 Å². The Morgan fingerprint density at radius 2 is 2.29 bits per heavy atom. The minimum atomic E-state index is -1.14. The van der Waals surface area contributed by atoms with Gasteiger partial charge in [-0.1, -0.05) is 11.8 Å². The predicted molar refractivity (Wildman–Crippen MR) is 60.7 cm³/mol. The molecule has 0 unspecified atom stereocenters. The molecule has 0 spiro atoms. The standard InChI is InChI=1S/C11H9FN2O2S/c1-14-6-8(5-13-14)17-10-3-2-7(11(15)16)4-9(10)12/h2-6H,1H3,(H,15,16). The number of hydrogen-bond acceptors (Lipinski definition) is 3. The lowest BCUT2D eigenvalue weighted by molar-refractivity contribution is 0.0696. The molecule has 4 nitrogen and oxygen atoms in total. The van der Waals surface area contributed by atoms with Crippen molar-refractivity contribution in [2.24, 2.45) is 7.05 Å². The number of carboxylic acid groups (broad SMARTS) is 1. The first-order valence-electron chi connectivity index (χ1n) is 4.75. The maximum absolute atomic E-state index is 13.6. The lowest BCUT2D eigenvalue weighted by Crippen LogP contribution is -1.97. The third-order valence-electron chi connectivity index (χ3n) is 2.09. The zero-order valence-corrected chi connectivity index (χ0v) is 9.74. The normalized spacial score (nSPS) is 10.5. The van der Waals surface area contributed by atoms with Gasteiger partial charge in [0.2, 0.25) is 0 Å². The lowest BCUT2D eigenvalue weighted by atomic mass is 10.2. The van der Waals surface area contributed by atoms with Crippen molar-refractivity contribution in [1.82, 2.24) is 9.78 Å². The van der Waals surface area contributed by atoms with Crippen LogP contribution >= 0.6 is 11.8 Å². The maximum atomic E-state index is 13.6. The highest BCUT2D eigenvalue weighted by molar-refractivity contribution is 7.99. The molecule has 1 aromatic carbocycles. The fourth-order valence-corrected chi connectivity index (χ4v) is 2.15. The molecule has 0 aliphatic carbocycles. The van der Waals surface area contributed by atoms with Crippen LogP contribution in [0.4, 0.5) is 4.39 Å². The number of rotatable bonds is 3. The molecule has 0 radical (unpaired) electrons. The Morgan fingerprint density at radius 3 is 2.82 bits per heavy atom. The number of nitrogens with zero attached hydrogens (tertiary/aromatic N) is 2. The van der Waals surface area contributed by atoms with Crippen molar-refractivity contribution in [1.29, 1.82) is 0 Å². The summed E-state index contributed by atoms with van der Waals surface area (Å²) in [6, 6.07) is 3.85. The molecule has 0 amide bonds. The lowest BCUT2D eigenvalue weighted by Gasteiger charge is -2.01.